The maximum atomic E-state index is 13.0. The number of amides is 1. The number of thiophene rings is 1. The van der Waals surface area contributed by atoms with Gasteiger partial charge in [-0.05, 0) is 42.5 Å². The molecule has 2 aromatic rings. The van der Waals surface area contributed by atoms with Crippen molar-refractivity contribution in [3.63, 3.8) is 0 Å². The lowest BCUT2D eigenvalue weighted by molar-refractivity contribution is -0.122. The van der Waals surface area contributed by atoms with E-state index in [9.17, 15) is 9.59 Å². The van der Waals surface area contributed by atoms with Crippen LogP contribution in [0.5, 0.6) is 5.75 Å². The van der Waals surface area contributed by atoms with Crippen LogP contribution in [-0.4, -0.2) is 18.3 Å². The molecule has 1 aliphatic heterocycles. The molecule has 0 saturated heterocycles. The fraction of sp³-hybridized carbons (Fsp3) is 0.333. The molecule has 2 heterocycles. The molecule has 1 N–H and O–H groups in total. The van der Waals surface area contributed by atoms with Crippen LogP contribution in [0.2, 0.25) is 0 Å². The Labute approximate surface area is 156 Å². The van der Waals surface area contributed by atoms with Gasteiger partial charge in [-0.15, -0.1) is 11.3 Å². The van der Waals surface area contributed by atoms with Crippen molar-refractivity contribution in [3.05, 3.63) is 63.5 Å². The van der Waals surface area contributed by atoms with Gasteiger partial charge >= 0.3 is 0 Å². The molecule has 2 aliphatic rings. The Morgan fingerprint density at radius 2 is 2.04 bits per heavy atom. The fourth-order valence-corrected chi connectivity index (χ4v) is 4.79. The number of benzene rings is 1. The third kappa shape index (κ3) is 3.19. The lowest BCUT2D eigenvalue weighted by Gasteiger charge is -2.34. The van der Waals surface area contributed by atoms with Crippen LogP contribution in [0.4, 0.5) is 0 Å². The van der Waals surface area contributed by atoms with E-state index in [-0.39, 0.29) is 23.5 Å². The number of nitrogens with one attached hydrogen (secondary N) is 1. The van der Waals surface area contributed by atoms with Crippen LogP contribution in [0.3, 0.4) is 0 Å². The third-order valence-electron chi connectivity index (χ3n) is 5.05. The van der Waals surface area contributed by atoms with Crippen molar-refractivity contribution in [2.45, 2.75) is 38.0 Å². The van der Waals surface area contributed by atoms with E-state index in [0.29, 0.717) is 19.4 Å². The summed E-state index contributed by atoms with van der Waals surface area (Å²) in [5.74, 6) is 0.885. The number of ether oxygens (including phenoxy) is 1. The van der Waals surface area contributed by atoms with Crippen molar-refractivity contribution in [1.82, 2.24) is 5.32 Å². The van der Waals surface area contributed by atoms with Crippen molar-refractivity contribution < 1.29 is 14.3 Å². The summed E-state index contributed by atoms with van der Waals surface area (Å²) in [5, 5.41) is 5.01. The van der Waals surface area contributed by atoms with Crippen LogP contribution >= 0.6 is 11.3 Å². The van der Waals surface area contributed by atoms with Gasteiger partial charge in [-0.1, -0.05) is 18.2 Å². The van der Waals surface area contributed by atoms with Crippen molar-refractivity contribution in [2.24, 2.45) is 0 Å². The minimum absolute atomic E-state index is 0.0183. The van der Waals surface area contributed by atoms with Crippen LogP contribution in [0.1, 0.15) is 48.5 Å². The van der Waals surface area contributed by atoms with E-state index in [1.165, 1.54) is 4.88 Å². The predicted octanol–water partition coefficient (Wildman–Crippen LogP) is 4.15. The molecule has 4 rings (SSSR count). The molecule has 134 valence electrons. The van der Waals surface area contributed by atoms with Gasteiger partial charge < -0.3 is 10.1 Å². The maximum Gasteiger partial charge on any atom is 0.225 e. The zero-order chi connectivity index (χ0) is 18.1. The number of carbonyl (C=O) groups excluding carboxylic acids is 2. The first-order valence-corrected chi connectivity index (χ1v) is 9.86. The smallest absolute Gasteiger partial charge is 0.225 e. The molecule has 4 nitrogen and oxygen atoms in total. The van der Waals surface area contributed by atoms with Gasteiger partial charge in [0.05, 0.1) is 6.61 Å². The summed E-state index contributed by atoms with van der Waals surface area (Å²) >= 11 is 1.67. The molecule has 0 fully saturated rings. The summed E-state index contributed by atoms with van der Waals surface area (Å²) in [7, 11) is 0. The minimum Gasteiger partial charge on any atom is -0.494 e. The summed E-state index contributed by atoms with van der Waals surface area (Å²) < 4.78 is 5.59. The molecule has 0 bridgehead atoms. The van der Waals surface area contributed by atoms with Crippen LogP contribution in [0.25, 0.3) is 0 Å². The van der Waals surface area contributed by atoms with Gasteiger partial charge in [0, 0.05) is 40.8 Å². The van der Waals surface area contributed by atoms with Crippen LogP contribution in [0.15, 0.2) is 53.0 Å². The molecule has 2 atom stereocenters. The van der Waals surface area contributed by atoms with Crippen molar-refractivity contribution >= 4 is 23.0 Å². The average Bonchev–Trinajstić information content (AvgIpc) is 3.16. The number of hydrogen-bond donors (Lipinski definition) is 1. The molecule has 0 spiro atoms. The van der Waals surface area contributed by atoms with Gasteiger partial charge in [0.25, 0.3) is 0 Å². The first kappa shape index (κ1) is 17.0. The molecule has 1 aromatic heterocycles. The van der Waals surface area contributed by atoms with Crippen molar-refractivity contribution in [3.8, 4) is 5.75 Å². The Kier molecular flexibility index (Phi) is 4.64. The second-order valence-electron chi connectivity index (χ2n) is 6.75. The number of rotatable bonds is 4. The van der Waals surface area contributed by atoms with Crippen LogP contribution in [-0.2, 0) is 9.59 Å². The summed E-state index contributed by atoms with van der Waals surface area (Å²) in [6, 6.07) is 11.8. The van der Waals surface area contributed by atoms with E-state index in [2.05, 4.69) is 11.4 Å². The highest BCUT2D eigenvalue weighted by Gasteiger charge is 2.38. The molecule has 5 heteroatoms. The highest BCUT2D eigenvalue weighted by Crippen LogP contribution is 2.43. The monoisotopic (exact) mass is 367 g/mol. The van der Waals surface area contributed by atoms with Gasteiger partial charge in [-0.2, -0.15) is 0 Å². The molecule has 1 aromatic carbocycles. The Hall–Kier alpha value is -2.40. The van der Waals surface area contributed by atoms with E-state index < -0.39 is 0 Å². The summed E-state index contributed by atoms with van der Waals surface area (Å²) in [5.41, 5.74) is 2.56. The van der Waals surface area contributed by atoms with Crippen LogP contribution < -0.4 is 10.1 Å². The second kappa shape index (κ2) is 7.08. The van der Waals surface area contributed by atoms with Gasteiger partial charge in [0.2, 0.25) is 5.91 Å². The molecule has 0 radical (unpaired) electrons. The number of ketones is 1. The normalized spacial score (nSPS) is 22.8. The molecule has 1 amide bonds. The van der Waals surface area contributed by atoms with Gasteiger partial charge in [0.1, 0.15) is 5.75 Å². The number of allylic oxidation sites excluding steroid dienone is 2. The Morgan fingerprint density at radius 3 is 2.81 bits per heavy atom. The minimum atomic E-state index is -0.184. The fourth-order valence-electron chi connectivity index (χ4n) is 3.96. The topological polar surface area (TPSA) is 55.4 Å². The molecule has 1 aliphatic carbocycles. The predicted molar refractivity (Wildman–Crippen MR) is 101 cm³/mol. The first-order chi connectivity index (χ1) is 12.7. The van der Waals surface area contributed by atoms with Gasteiger partial charge in [-0.3, -0.25) is 9.59 Å². The Bertz CT molecular complexity index is 869. The average molecular weight is 367 g/mol. The molecule has 0 saturated carbocycles. The van der Waals surface area contributed by atoms with Gasteiger partial charge in [0.15, 0.2) is 5.78 Å². The van der Waals surface area contributed by atoms with Crippen LogP contribution in [0, 0.1) is 0 Å². The van der Waals surface area contributed by atoms with Gasteiger partial charge in [-0.25, -0.2) is 0 Å². The highest BCUT2D eigenvalue weighted by atomic mass is 32.1. The largest absolute Gasteiger partial charge is 0.494 e. The number of carbonyl (C=O) groups is 2. The lowest BCUT2D eigenvalue weighted by atomic mass is 9.74. The highest BCUT2D eigenvalue weighted by molar-refractivity contribution is 7.10. The van der Waals surface area contributed by atoms with Crippen molar-refractivity contribution in [1.29, 1.82) is 0 Å². The van der Waals surface area contributed by atoms with E-state index in [1.807, 2.05) is 42.6 Å². The van der Waals surface area contributed by atoms with E-state index >= 15 is 0 Å². The summed E-state index contributed by atoms with van der Waals surface area (Å²) in [6.45, 7) is 2.53. The molecule has 26 heavy (non-hydrogen) atoms. The molecule has 0 unspecified atom stereocenters. The standard InChI is InChI=1S/C21H21NO3S/c1-2-25-15-6-3-5-13(9-15)16-12-20(24)22-17-10-14(11-18(23)21(16)17)19-7-4-8-26-19/h3-9,14,16H,2,10-12H2,1H3,(H,22,24)/t14-,16-/m1/s1. The molecular weight excluding hydrogens is 346 g/mol. The van der Waals surface area contributed by atoms with E-state index in [1.54, 1.807) is 11.3 Å². The van der Waals surface area contributed by atoms with E-state index in [4.69, 9.17) is 4.74 Å². The second-order valence-corrected chi connectivity index (χ2v) is 7.73. The SMILES string of the molecule is CCOc1cccc([C@H]2CC(=O)NC3=C2C(=O)C[C@H](c2cccs2)C3)c1. The summed E-state index contributed by atoms with van der Waals surface area (Å²) in [4.78, 5) is 26.5. The first-order valence-electron chi connectivity index (χ1n) is 8.98. The maximum absolute atomic E-state index is 13.0. The van der Waals surface area contributed by atoms with E-state index in [0.717, 1.165) is 29.0 Å². The summed E-state index contributed by atoms with van der Waals surface area (Å²) in [6.07, 6.45) is 1.54. The Balaban J connectivity index is 1.70. The van der Waals surface area contributed by atoms with Crippen molar-refractivity contribution in [2.75, 3.05) is 6.61 Å². The number of Topliss-reactive ketones (excluding diaryl/α,β-unsaturated/α-hetero) is 1. The zero-order valence-corrected chi connectivity index (χ0v) is 15.5. The quantitative estimate of drug-likeness (QED) is 0.883. The molecular formula is C21H21NO3S. The zero-order valence-electron chi connectivity index (χ0n) is 14.7. The third-order valence-corrected chi connectivity index (χ3v) is 6.09. The number of hydrogen-bond acceptors (Lipinski definition) is 4. The Morgan fingerprint density at radius 1 is 1.15 bits per heavy atom. The lowest BCUT2D eigenvalue weighted by Crippen LogP contribution is -2.38.